The number of hydrogen-bond acceptors (Lipinski definition) is 4. The second kappa shape index (κ2) is 13.1. The minimum atomic E-state index is -1.62. The van der Waals surface area contributed by atoms with Gasteiger partial charge in [0.2, 0.25) is 0 Å². The van der Waals surface area contributed by atoms with Crippen molar-refractivity contribution in [2.45, 2.75) is 59.8 Å². The van der Waals surface area contributed by atoms with E-state index in [0.717, 1.165) is 52.9 Å². The Morgan fingerprint density at radius 2 is 1.73 bits per heavy atom. The van der Waals surface area contributed by atoms with Gasteiger partial charge in [0.25, 0.3) is 0 Å². The van der Waals surface area contributed by atoms with Gasteiger partial charge in [0, 0.05) is 52.5 Å². The summed E-state index contributed by atoms with van der Waals surface area (Å²) in [4.78, 5) is 20.6. The third kappa shape index (κ3) is 6.00. The molecule has 5 rings (SSSR count). The molecule has 1 aliphatic rings. The van der Waals surface area contributed by atoms with E-state index >= 15 is 0 Å². The number of carbonyl (C=O) groups excluding carboxylic acids is 1. The molecule has 0 saturated carbocycles. The first-order chi connectivity index (χ1) is 18.3. The molecule has 0 unspecified atom stereocenters. The molecule has 2 aromatic carbocycles. The van der Waals surface area contributed by atoms with Crippen molar-refractivity contribution in [2.75, 3.05) is 0 Å². The van der Waals surface area contributed by atoms with Crippen molar-refractivity contribution in [3.63, 3.8) is 0 Å². The summed E-state index contributed by atoms with van der Waals surface area (Å²) in [6.07, 6.45) is 6.73. The second-order valence-corrected chi connectivity index (χ2v) is 9.17. The van der Waals surface area contributed by atoms with Crippen LogP contribution >= 0.6 is 0 Å². The summed E-state index contributed by atoms with van der Waals surface area (Å²) in [6, 6.07) is 16.6. The maximum Gasteiger partial charge on any atom is 0.162 e. The summed E-state index contributed by atoms with van der Waals surface area (Å²) in [5.41, 5.74) is 3.54. The molecule has 2 aromatic heterocycles. The molecule has 2 heterocycles. The zero-order chi connectivity index (χ0) is 27.4. The van der Waals surface area contributed by atoms with E-state index in [1.165, 1.54) is 6.08 Å². The average molecular weight is 674 g/mol. The number of allylic oxidation sites excluding steroid dienone is 2. The topological polar surface area (TPSA) is 63.1 Å². The van der Waals surface area contributed by atoms with E-state index < -0.39 is 6.37 Å². The molecule has 195 valence electrons. The Bertz CT molecular complexity index is 1490. The molecule has 0 spiro atoms. The van der Waals surface area contributed by atoms with Gasteiger partial charge in [0.1, 0.15) is 0 Å². The minimum absolute atomic E-state index is 0. The fraction of sp³-hybridized carbons (Fsp3) is 0.344. The van der Waals surface area contributed by atoms with Crippen LogP contribution in [0.15, 0.2) is 66.7 Å². The fourth-order valence-corrected chi connectivity index (χ4v) is 4.83. The van der Waals surface area contributed by atoms with Crippen molar-refractivity contribution in [1.82, 2.24) is 9.97 Å². The van der Waals surface area contributed by atoms with Crippen LogP contribution in [0.4, 0.5) is 0 Å². The van der Waals surface area contributed by atoms with Gasteiger partial charge < -0.3 is 10.1 Å². The zero-order valence-electron chi connectivity index (χ0n) is 23.8. The third-order valence-corrected chi connectivity index (χ3v) is 7.08. The van der Waals surface area contributed by atoms with E-state index in [1.807, 2.05) is 70.2 Å². The average Bonchev–Trinajstić information content (AvgIpc) is 2.93. The number of nitrogens with zero attached hydrogens (tertiary/aromatic N) is 2. The van der Waals surface area contributed by atoms with Crippen molar-refractivity contribution >= 4 is 27.5 Å². The maximum absolute atomic E-state index is 11.7. The summed E-state index contributed by atoms with van der Waals surface area (Å²) >= 11 is 0. The number of aliphatic hydroxyl groups is 1. The van der Waals surface area contributed by atoms with Crippen LogP contribution in [-0.4, -0.2) is 20.9 Å². The van der Waals surface area contributed by atoms with E-state index in [-0.39, 0.29) is 43.5 Å². The molecule has 0 fully saturated rings. The van der Waals surface area contributed by atoms with E-state index in [1.54, 1.807) is 12.4 Å². The van der Waals surface area contributed by atoms with Crippen LogP contribution in [0.2, 0.25) is 0 Å². The Kier molecular flexibility index (Phi) is 9.10. The van der Waals surface area contributed by atoms with Crippen LogP contribution in [0.5, 0.6) is 0 Å². The quantitative estimate of drug-likeness (QED) is 0.123. The first-order valence-electron chi connectivity index (χ1n) is 13.9. The number of aromatic nitrogens is 2. The fourth-order valence-electron chi connectivity index (χ4n) is 4.83. The molecule has 1 aliphatic carbocycles. The summed E-state index contributed by atoms with van der Waals surface area (Å²) < 4.78 is 17.6. The molecule has 4 aromatic rings. The minimum Gasteiger partial charge on any atom is -0.512 e. The van der Waals surface area contributed by atoms with Crippen LogP contribution in [0, 0.1) is 17.9 Å². The number of benzene rings is 2. The number of ketones is 1. The predicted octanol–water partition coefficient (Wildman–Crippen LogP) is 8.02. The predicted molar refractivity (Wildman–Crippen MR) is 148 cm³/mol. The Morgan fingerprint density at radius 3 is 2.43 bits per heavy atom. The van der Waals surface area contributed by atoms with Crippen LogP contribution in [0.1, 0.15) is 67.2 Å². The first-order valence-corrected chi connectivity index (χ1v) is 12.9. The van der Waals surface area contributed by atoms with Crippen molar-refractivity contribution < 1.29 is 32.7 Å². The third-order valence-electron chi connectivity index (χ3n) is 7.08. The van der Waals surface area contributed by atoms with E-state index in [4.69, 9.17) is 2.74 Å². The molecule has 0 amide bonds. The van der Waals surface area contributed by atoms with Gasteiger partial charge in [0.05, 0.1) is 5.76 Å². The molecule has 4 nitrogen and oxygen atoms in total. The van der Waals surface area contributed by atoms with Gasteiger partial charge in [-0.1, -0.05) is 80.6 Å². The van der Waals surface area contributed by atoms with E-state index in [0.29, 0.717) is 16.8 Å². The smallest absolute Gasteiger partial charge is 0.162 e. The van der Waals surface area contributed by atoms with Gasteiger partial charge in [-0.3, -0.25) is 9.78 Å². The van der Waals surface area contributed by atoms with Crippen LogP contribution in [0.3, 0.4) is 0 Å². The molecule has 0 bridgehead atoms. The Balaban J connectivity index is 0.000000233. The molecular weight excluding hydrogens is 637 g/mol. The normalized spacial score (nSPS) is 14.4. The number of hydrogen-bond donors (Lipinski definition) is 1. The van der Waals surface area contributed by atoms with E-state index in [9.17, 15) is 9.90 Å². The molecular formula is C32H35IrN2O2-. The van der Waals surface area contributed by atoms with E-state index in [2.05, 4.69) is 16.0 Å². The van der Waals surface area contributed by atoms with Gasteiger partial charge >= 0.3 is 0 Å². The summed E-state index contributed by atoms with van der Waals surface area (Å²) in [6.45, 7) is 8.07. The molecule has 37 heavy (non-hydrogen) atoms. The second-order valence-electron chi connectivity index (χ2n) is 9.17. The van der Waals surface area contributed by atoms with Crippen LogP contribution < -0.4 is 0 Å². The summed E-state index contributed by atoms with van der Waals surface area (Å²) in [5, 5.41) is 12.4. The molecule has 1 radical (unpaired) electrons. The Labute approximate surface area is 236 Å². The summed E-state index contributed by atoms with van der Waals surface area (Å²) in [7, 11) is 0. The standard InChI is InChI=1S/C19H11N2.C13H24O2.Ir/c1-2-6-14-13(4-1)11-21-19-15-8-9-20-17-7-3-5-12(18(15)17)10-16(14)19;1-5-10(6-2)12(14)9-13(15)11(7-3)8-4;/h1-7,9,11H,10H2;9-11,14H,5-8H2,1-4H3;/q-1;;/b;12-9-;/i10D2;;. The van der Waals surface area contributed by atoms with Crippen molar-refractivity contribution in [2.24, 2.45) is 11.8 Å². The molecule has 0 aliphatic heterocycles. The van der Waals surface area contributed by atoms with Gasteiger partial charge in [-0.2, -0.15) is 11.6 Å². The van der Waals surface area contributed by atoms with Crippen LogP contribution in [-0.2, 0) is 31.3 Å². The zero-order valence-corrected chi connectivity index (χ0v) is 24.2. The van der Waals surface area contributed by atoms with Gasteiger partial charge in [-0.25, -0.2) is 0 Å². The van der Waals surface area contributed by atoms with Crippen LogP contribution in [0.25, 0.3) is 32.9 Å². The number of pyridine rings is 2. The largest absolute Gasteiger partial charge is 0.512 e. The maximum atomic E-state index is 11.7. The number of fused-ring (bicyclic) bond motifs is 4. The number of aliphatic hydroxyl groups excluding tert-OH is 1. The van der Waals surface area contributed by atoms with Gasteiger partial charge in [-0.05, 0) is 60.8 Å². The molecule has 0 atom stereocenters. The Morgan fingerprint density at radius 1 is 1.03 bits per heavy atom. The Hall–Kier alpha value is -2.88. The van der Waals surface area contributed by atoms with Crippen molar-refractivity contribution in [3.8, 4) is 11.3 Å². The molecule has 0 saturated heterocycles. The molecule has 5 heteroatoms. The van der Waals surface area contributed by atoms with Crippen molar-refractivity contribution in [1.29, 1.82) is 0 Å². The summed E-state index contributed by atoms with van der Waals surface area (Å²) in [5.74, 6) is 0.547. The number of carbonyl (C=O) groups is 1. The monoisotopic (exact) mass is 674 g/mol. The van der Waals surface area contributed by atoms with Gasteiger partial charge in [0.15, 0.2) is 5.78 Å². The van der Waals surface area contributed by atoms with Gasteiger partial charge in [-0.15, -0.1) is 0 Å². The molecule has 1 N–H and O–H groups in total. The SMILES string of the molecule is CCC(CC)C(=O)/C=C(\O)C(CC)CC.[2H]C1([2H])c2c(ncc3ccccc23)-c2[c-]cnc3cccc1c23.[Ir]. The number of rotatable bonds is 7. The first kappa shape index (κ1) is 25.8. The van der Waals surface area contributed by atoms with Crippen molar-refractivity contribution in [3.05, 3.63) is 83.9 Å².